The summed E-state index contributed by atoms with van der Waals surface area (Å²) in [4.78, 5) is 0.630. The van der Waals surface area contributed by atoms with Crippen molar-refractivity contribution < 1.29 is 4.39 Å². The molecule has 0 amide bonds. The molecule has 76 valence electrons. The summed E-state index contributed by atoms with van der Waals surface area (Å²) in [6, 6.07) is 6.96. The first-order valence-electron chi connectivity index (χ1n) is 5.14. The van der Waals surface area contributed by atoms with Gasteiger partial charge < -0.3 is 0 Å². The van der Waals surface area contributed by atoms with E-state index in [1.54, 1.807) is 12.1 Å². The summed E-state index contributed by atoms with van der Waals surface area (Å²) in [5.74, 6) is 0.573. The Kier molecular flexibility index (Phi) is 3.22. The van der Waals surface area contributed by atoms with Crippen molar-refractivity contribution >= 4 is 15.9 Å². The number of benzene rings is 1. The van der Waals surface area contributed by atoms with Crippen LogP contribution in [-0.4, -0.2) is 4.83 Å². The molecule has 0 nitrogen and oxygen atoms in total. The van der Waals surface area contributed by atoms with Crippen molar-refractivity contribution in [2.24, 2.45) is 5.92 Å². The van der Waals surface area contributed by atoms with Gasteiger partial charge in [-0.25, -0.2) is 4.39 Å². The molecule has 0 aliphatic heterocycles. The molecule has 0 N–H and O–H groups in total. The number of halogens is 2. The summed E-state index contributed by atoms with van der Waals surface area (Å²) in [5.41, 5.74) is 1.13. The van der Waals surface area contributed by atoms with Gasteiger partial charge in [-0.15, -0.1) is 0 Å². The molecule has 0 radical (unpaired) electrons. The van der Waals surface area contributed by atoms with E-state index < -0.39 is 0 Å². The summed E-state index contributed by atoms with van der Waals surface area (Å²) >= 11 is 3.69. The highest BCUT2D eigenvalue weighted by Gasteiger charge is 2.24. The molecule has 0 saturated heterocycles. The summed E-state index contributed by atoms with van der Waals surface area (Å²) in [6.45, 7) is 0. The zero-order valence-corrected chi connectivity index (χ0v) is 9.63. The van der Waals surface area contributed by atoms with Crippen molar-refractivity contribution in [2.75, 3.05) is 0 Å². The van der Waals surface area contributed by atoms with Crippen LogP contribution >= 0.6 is 15.9 Å². The molecule has 1 aliphatic carbocycles. The van der Waals surface area contributed by atoms with Gasteiger partial charge in [0.1, 0.15) is 5.82 Å². The van der Waals surface area contributed by atoms with Crippen LogP contribution in [0.3, 0.4) is 0 Å². The standard InChI is InChI=1S/C12H14BrF/c13-12-6-2-4-10(12)7-9-3-1-5-11(14)8-9/h1,3,5,8,10,12H,2,4,6-7H2. The Bertz CT molecular complexity index is 311. The van der Waals surface area contributed by atoms with Gasteiger partial charge in [-0.3, -0.25) is 0 Å². The lowest BCUT2D eigenvalue weighted by Crippen LogP contribution is -2.09. The van der Waals surface area contributed by atoms with E-state index in [4.69, 9.17) is 0 Å². The molecule has 0 spiro atoms. The molecular weight excluding hydrogens is 243 g/mol. The Morgan fingerprint density at radius 1 is 1.36 bits per heavy atom. The summed E-state index contributed by atoms with van der Waals surface area (Å²) in [7, 11) is 0. The zero-order valence-electron chi connectivity index (χ0n) is 8.05. The van der Waals surface area contributed by atoms with E-state index in [1.165, 1.54) is 25.3 Å². The smallest absolute Gasteiger partial charge is 0.123 e. The van der Waals surface area contributed by atoms with Gasteiger partial charge in [0.15, 0.2) is 0 Å². The zero-order chi connectivity index (χ0) is 9.97. The first-order chi connectivity index (χ1) is 6.75. The number of rotatable bonds is 2. The Morgan fingerprint density at radius 3 is 2.86 bits per heavy atom. The molecule has 0 aromatic heterocycles. The van der Waals surface area contributed by atoms with Crippen LogP contribution in [0.1, 0.15) is 24.8 Å². The van der Waals surface area contributed by atoms with Crippen LogP contribution in [-0.2, 0) is 6.42 Å². The van der Waals surface area contributed by atoms with Crippen LogP contribution in [0.4, 0.5) is 4.39 Å². The van der Waals surface area contributed by atoms with Gasteiger partial charge in [-0.2, -0.15) is 0 Å². The van der Waals surface area contributed by atoms with E-state index in [2.05, 4.69) is 15.9 Å². The average Bonchev–Trinajstić information content (AvgIpc) is 2.52. The van der Waals surface area contributed by atoms with Gasteiger partial charge in [-0.1, -0.05) is 34.5 Å². The van der Waals surface area contributed by atoms with E-state index in [0.717, 1.165) is 12.0 Å². The number of hydrogen-bond donors (Lipinski definition) is 0. The molecule has 2 atom stereocenters. The van der Waals surface area contributed by atoms with Crippen LogP contribution in [0.15, 0.2) is 24.3 Å². The first-order valence-corrected chi connectivity index (χ1v) is 6.06. The highest BCUT2D eigenvalue weighted by atomic mass is 79.9. The maximum Gasteiger partial charge on any atom is 0.123 e. The minimum absolute atomic E-state index is 0.119. The summed E-state index contributed by atoms with van der Waals surface area (Å²) < 4.78 is 12.9. The highest BCUT2D eigenvalue weighted by Crippen LogP contribution is 2.33. The molecule has 1 aliphatic rings. The van der Waals surface area contributed by atoms with E-state index in [9.17, 15) is 4.39 Å². The third-order valence-electron chi connectivity index (χ3n) is 2.95. The normalized spacial score (nSPS) is 26.7. The molecule has 2 heteroatoms. The van der Waals surface area contributed by atoms with Crippen molar-refractivity contribution in [2.45, 2.75) is 30.5 Å². The van der Waals surface area contributed by atoms with Gasteiger partial charge in [0.05, 0.1) is 0 Å². The van der Waals surface area contributed by atoms with Crippen molar-refractivity contribution in [3.8, 4) is 0 Å². The third kappa shape index (κ3) is 2.35. The summed E-state index contributed by atoms with van der Waals surface area (Å²) in [6.07, 6.45) is 4.84. The van der Waals surface area contributed by atoms with Gasteiger partial charge in [0.2, 0.25) is 0 Å². The van der Waals surface area contributed by atoms with Gasteiger partial charge in [0, 0.05) is 4.83 Å². The van der Waals surface area contributed by atoms with Gasteiger partial charge >= 0.3 is 0 Å². The molecule has 2 rings (SSSR count). The molecule has 1 fully saturated rings. The second-order valence-electron chi connectivity index (χ2n) is 4.04. The maximum atomic E-state index is 12.9. The van der Waals surface area contributed by atoms with Gasteiger partial charge in [-0.05, 0) is 42.9 Å². The fourth-order valence-corrected chi connectivity index (χ4v) is 2.96. The van der Waals surface area contributed by atoms with E-state index in [0.29, 0.717) is 10.7 Å². The minimum Gasteiger partial charge on any atom is -0.207 e. The van der Waals surface area contributed by atoms with Gasteiger partial charge in [0.25, 0.3) is 0 Å². The summed E-state index contributed by atoms with van der Waals surface area (Å²) in [5, 5.41) is 0. The van der Waals surface area contributed by atoms with Crippen LogP contribution in [0.25, 0.3) is 0 Å². The molecule has 2 unspecified atom stereocenters. The van der Waals surface area contributed by atoms with E-state index in [-0.39, 0.29) is 5.82 Å². The molecular formula is C12H14BrF. The second-order valence-corrected chi connectivity index (χ2v) is 5.22. The predicted molar refractivity (Wildman–Crippen MR) is 60.2 cm³/mol. The Balaban J connectivity index is 2.03. The van der Waals surface area contributed by atoms with Crippen molar-refractivity contribution in [1.82, 2.24) is 0 Å². The number of alkyl halides is 1. The fraction of sp³-hybridized carbons (Fsp3) is 0.500. The van der Waals surface area contributed by atoms with Crippen molar-refractivity contribution in [3.05, 3.63) is 35.6 Å². The second kappa shape index (κ2) is 4.43. The predicted octanol–water partition coefficient (Wildman–Crippen LogP) is 3.93. The molecule has 0 heterocycles. The molecule has 1 aromatic carbocycles. The van der Waals surface area contributed by atoms with E-state index >= 15 is 0 Å². The Labute approximate surface area is 92.6 Å². The molecule has 14 heavy (non-hydrogen) atoms. The van der Waals surface area contributed by atoms with Crippen LogP contribution < -0.4 is 0 Å². The lowest BCUT2D eigenvalue weighted by molar-refractivity contribution is 0.557. The molecule has 0 bridgehead atoms. The lowest BCUT2D eigenvalue weighted by Gasteiger charge is -2.13. The first kappa shape index (κ1) is 10.2. The SMILES string of the molecule is Fc1cccc(CC2CCCC2Br)c1. The average molecular weight is 257 g/mol. The van der Waals surface area contributed by atoms with Crippen molar-refractivity contribution in [1.29, 1.82) is 0 Å². The highest BCUT2D eigenvalue weighted by molar-refractivity contribution is 9.09. The quantitative estimate of drug-likeness (QED) is 0.704. The van der Waals surface area contributed by atoms with Crippen LogP contribution in [0.2, 0.25) is 0 Å². The largest absolute Gasteiger partial charge is 0.207 e. The molecule has 1 saturated carbocycles. The minimum atomic E-state index is -0.119. The third-order valence-corrected chi connectivity index (χ3v) is 4.16. The van der Waals surface area contributed by atoms with Crippen molar-refractivity contribution in [3.63, 3.8) is 0 Å². The molecule has 1 aromatic rings. The topological polar surface area (TPSA) is 0 Å². The van der Waals surface area contributed by atoms with Crippen LogP contribution in [0, 0.1) is 11.7 Å². The Morgan fingerprint density at radius 2 is 2.21 bits per heavy atom. The fourth-order valence-electron chi connectivity index (χ4n) is 2.19. The monoisotopic (exact) mass is 256 g/mol. The van der Waals surface area contributed by atoms with E-state index in [1.807, 2.05) is 6.07 Å². The lowest BCUT2D eigenvalue weighted by atomic mass is 9.98. The maximum absolute atomic E-state index is 12.9. The number of hydrogen-bond acceptors (Lipinski definition) is 0. The van der Waals surface area contributed by atoms with Crippen LogP contribution in [0.5, 0.6) is 0 Å². The Hall–Kier alpha value is -0.370.